The van der Waals surface area contributed by atoms with Crippen molar-refractivity contribution >= 4 is 23.2 Å². The van der Waals surface area contributed by atoms with E-state index in [1.54, 1.807) is 18.2 Å². The Morgan fingerprint density at radius 3 is 2.24 bits per heavy atom. The van der Waals surface area contributed by atoms with E-state index in [0.29, 0.717) is 17.2 Å². The summed E-state index contributed by atoms with van der Waals surface area (Å²) in [7, 11) is 3.00. The molecule has 0 spiro atoms. The minimum absolute atomic E-state index is 0.0961. The van der Waals surface area contributed by atoms with Crippen molar-refractivity contribution in [2.45, 2.75) is 0 Å². The maximum atomic E-state index is 13.7. The van der Waals surface area contributed by atoms with Crippen LogP contribution in [0.2, 0.25) is 5.02 Å². The summed E-state index contributed by atoms with van der Waals surface area (Å²) in [6.07, 6.45) is 0. The summed E-state index contributed by atoms with van der Waals surface area (Å²) in [4.78, 5) is 12.1. The number of anilines is 1. The summed E-state index contributed by atoms with van der Waals surface area (Å²) in [5.74, 6) is -0.239. The first kappa shape index (κ1) is 15.1. The molecule has 0 unspecified atom stereocenters. The third-order valence-electron chi connectivity index (χ3n) is 2.79. The lowest BCUT2D eigenvalue weighted by atomic mass is 10.2. The van der Waals surface area contributed by atoms with Gasteiger partial charge in [0, 0.05) is 28.9 Å². The summed E-state index contributed by atoms with van der Waals surface area (Å²) in [6.45, 7) is 0. The number of rotatable bonds is 4. The molecule has 1 amide bonds. The Labute approximate surface area is 126 Å². The molecule has 2 aromatic carbocycles. The van der Waals surface area contributed by atoms with Crippen molar-refractivity contribution in [2.24, 2.45) is 0 Å². The van der Waals surface area contributed by atoms with Crippen molar-refractivity contribution in [2.75, 3.05) is 19.5 Å². The number of benzene rings is 2. The zero-order valence-electron chi connectivity index (χ0n) is 11.4. The van der Waals surface area contributed by atoms with Crippen LogP contribution < -0.4 is 14.8 Å². The van der Waals surface area contributed by atoms with Crippen LogP contribution >= 0.6 is 11.6 Å². The number of hydrogen-bond acceptors (Lipinski definition) is 3. The van der Waals surface area contributed by atoms with Gasteiger partial charge in [0.2, 0.25) is 0 Å². The van der Waals surface area contributed by atoms with E-state index in [9.17, 15) is 9.18 Å². The lowest BCUT2D eigenvalue weighted by Crippen LogP contribution is -2.13. The average molecular weight is 310 g/mol. The van der Waals surface area contributed by atoms with Crippen molar-refractivity contribution in [1.29, 1.82) is 0 Å². The van der Waals surface area contributed by atoms with Gasteiger partial charge < -0.3 is 14.8 Å². The summed E-state index contributed by atoms with van der Waals surface area (Å²) in [5.41, 5.74) is 0.340. The maximum absolute atomic E-state index is 13.7. The predicted octanol–water partition coefficient (Wildman–Crippen LogP) is 3.75. The Hall–Kier alpha value is -2.27. The molecule has 0 atom stereocenters. The Bertz CT molecular complexity index is 654. The molecule has 0 saturated heterocycles. The fourth-order valence-corrected chi connectivity index (χ4v) is 1.91. The quantitative estimate of drug-likeness (QED) is 0.935. The number of carbonyl (C=O) groups is 1. The molecule has 0 aliphatic rings. The minimum Gasteiger partial charge on any atom is -0.497 e. The van der Waals surface area contributed by atoms with Gasteiger partial charge in [-0.05, 0) is 18.2 Å². The molecule has 6 heteroatoms. The van der Waals surface area contributed by atoms with E-state index < -0.39 is 11.7 Å². The second kappa shape index (κ2) is 6.45. The highest BCUT2D eigenvalue weighted by atomic mass is 35.5. The lowest BCUT2D eigenvalue weighted by Gasteiger charge is -2.10. The molecule has 0 radical (unpaired) electrons. The summed E-state index contributed by atoms with van der Waals surface area (Å²) in [6, 6.07) is 8.74. The normalized spacial score (nSPS) is 10.1. The SMILES string of the molecule is COc1cc(NC(=O)c2ccc(Cl)cc2F)cc(OC)c1. The van der Waals surface area contributed by atoms with E-state index in [4.69, 9.17) is 21.1 Å². The van der Waals surface area contributed by atoms with Gasteiger partial charge in [0.05, 0.1) is 19.8 Å². The highest BCUT2D eigenvalue weighted by molar-refractivity contribution is 6.30. The molecule has 0 fully saturated rings. The number of amides is 1. The van der Waals surface area contributed by atoms with Crippen molar-refractivity contribution in [3.05, 3.63) is 52.8 Å². The fraction of sp³-hybridized carbons (Fsp3) is 0.133. The highest BCUT2D eigenvalue weighted by Crippen LogP contribution is 2.26. The number of nitrogens with one attached hydrogen (secondary N) is 1. The Balaban J connectivity index is 2.26. The zero-order chi connectivity index (χ0) is 15.4. The van der Waals surface area contributed by atoms with E-state index >= 15 is 0 Å². The van der Waals surface area contributed by atoms with Gasteiger partial charge in [-0.1, -0.05) is 11.6 Å². The molecule has 1 N–H and O–H groups in total. The Morgan fingerprint density at radius 2 is 1.71 bits per heavy atom. The Kier molecular flexibility index (Phi) is 4.65. The van der Waals surface area contributed by atoms with Gasteiger partial charge in [-0.15, -0.1) is 0 Å². The van der Waals surface area contributed by atoms with E-state index in [2.05, 4.69) is 5.32 Å². The molecule has 110 valence electrons. The van der Waals surface area contributed by atoms with Crippen LogP contribution in [0.1, 0.15) is 10.4 Å². The lowest BCUT2D eigenvalue weighted by molar-refractivity contribution is 0.102. The van der Waals surface area contributed by atoms with E-state index in [1.165, 1.54) is 26.4 Å². The van der Waals surface area contributed by atoms with Crippen LogP contribution in [0.25, 0.3) is 0 Å². The second-order valence-corrected chi connectivity index (χ2v) is 4.62. The number of methoxy groups -OCH3 is 2. The maximum Gasteiger partial charge on any atom is 0.258 e. The molecule has 4 nitrogen and oxygen atoms in total. The third kappa shape index (κ3) is 3.64. The number of halogens is 2. The van der Waals surface area contributed by atoms with E-state index in [1.807, 2.05) is 0 Å². The molecule has 0 aliphatic carbocycles. The molecular formula is C15H13ClFNO3. The Morgan fingerprint density at radius 1 is 1.10 bits per heavy atom. The minimum atomic E-state index is -0.685. The number of carbonyl (C=O) groups excluding carboxylic acids is 1. The number of ether oxygens (including phenoxy) is 2. The molecule has 0 heterocycles. The highest BCUT2D eigenvalue weighted by Gasteiger charge is 2.13. The van der Waals surface area contributed by atoms with Crippen LogP contribution in [-0.2, 0) is 0 Å². The van der Waals surface area contributed by atoms with E-state index in [-0.39, 0.29) is 10.6 Å². The van der Waals surface area contributed by atoms with Gasteiger partial charge in [0.25, 0.3) is 5.91 Å². The molecule has 0 bridgehead atoms. The average Bonchev–Trinajstić information content (AvgIpc) is 2.46. The van der Waals surface area contributed by atoms with Crippen LogP contribution in [0.5, 0.6) is 11.5 Å². The van der Waals surface area contributed by atoms with Gasteiger partial charge in [-0.25, -0.2) is 4.39 Å². The molecule has 21 heavy (non-hydrogen) atoms. The first-order chi connectivity index (χ1) is 10.0. The van der Waals surface area contributed by atoms with Crippen molar-refractivity contribution in [3.8, 4) is 11.5 Å². The van der Waals surface area contributed by atoms with Crippen LogP contribution in [0.15, 0.2) is 36.4 Å². The molecule has 2 aromatic rings. The largest absolute Gasteiger partial charge is 0.497 e. The molecule has 0 aliphatic heterocycles. The molecule has 0 aromatic heterocycles. The second-order valence-electron chi connectivity index (χ2n) is 4.18. The fourth-order valence-electron chi connectivity index (χ4n) is 1.75. The van der Waals surface area contributed by atoms with E-state index in [0.717, 1.165) is 6.07 Å². The summed E-state index contributed by atoms with van der Waals surface area (Å²) < 4.78 is 23.9. The third-order valence-corrected chi connectivity index (χ3v) is 3.02. The molecule has 0 saturated carbocycles. The van der Waals surface area contributed by atoms with Crippen LogP contribution in [0.4, 0.5) is 10.1 Å². The van der Waals surface area contributed by atoms with Gasteiger partial charge in [-0.3, -0.25) is 4.79 Å². The van der Waals surface area contributed by atoms with Gasteiger partial charge >= 0.3 is 0 Å². The van der Waals surface area contributed by atoms with Crippen molar-refractivity contribution in [3.63, 3.8) is 0 Å². The molecule has 2 rings (SSSR count). The first-order valence-corrected chi connectivity index (χ1v) is 6.40. The first-order valence-electron chi connectivity index (χ1n) is 6.03. The predicted molar refractivity (Wildman–Crippen MR) is 78.9 cm³/mol. The van der Waals surface area contributed by atoms with Crippen LogP contribution in [0, 0.1) is 5.82 Å². The number of hydrogen-bond donors (Lipinski definition) is 1. The molecular weight excluding hydrogens is 297 g/mol. The van der Waals surface area contributed by atoms with Gasteiger partial charge in [0.1, 0.15) is 17.3 Å². The van der Waals surface area contributed by atoms with Crippen LogP contribution in [0.3, 0.4) is 0 Å². The smallest absolute Gasteiger partial charge is 0.258 e. The topological polar surface area (TPSA) is 47.6 Å². The van der Waals surface area contributed by atoms with Gasteiger partial charge in [0.15, 0.2) is 0 Å². The summed E-state index contributed by atoms with van der Waals surface area (Å²) >= 11 is 5.66. The summed E-state index contributed by atoms with van der Waals surface area (Å²) in [5, 5.41) is 2.81. The standard InChI is InChI=1S/C15H13ClFNO3/c1-20-11-6-10(7-12(8-11)21-2)18-15(19)13-4-3-9(16)5-14(13)17/h3-8H,1-2H3,(H,18,19). The monoisotopic (exact) mass is 309 g/mol. The van der Waals surface area contributed by atoms with Crippen LogP contribution in [-0.4, -0.2) is 20.1 Å². The van der Waals surface area contributed by atoms with Crippen molar-refractivity contribution in [1.82, 2.24) is 0 Å². The van der Waals surface area contributed by atoms with Gasteiger partial charge in [-0.2, -0.15) is 0 Å². The zero-order valence-corrected chi connectivity index (χ0v) is 12.2. The van der Waals surface area contributed by atoms with Crippen molar-refractivity contribution < 1.29 is 18.7 Å².